The standard InChI is InChI=1S/C20H19ClN2O3S/c1-12-10-22(11-13(2)26-12)18-17(16-4-3-9-27-16)19(24)23(20(18)25)15-7-5-14(21)6-8-15/h3-9,12-13H,10-11H2,1-2H3. The van der Waals surface area contributed by atoms with Crippen molar-refractivity contribution in [3.8, 4) is 0 Å². The molecule has 4 rings (SSSR count). The van der Waals surface area contributed by atoms with Gasteiger partial charge in [0.1, 0.15) is 5.70 Å². The Morgan fingerprint density at radius 3 is 2.30 bits per heavy atom. The number of ether oxygens (including phenoxy) is 1. The summed E-state index contributed by atoms with van der Waals surface area (Å²) in [5, 5.41) is 2.47. The van der Waals surface area contributed by atoms with Crippen LogP contribution in [0.25, 0.3) is 5.57 Å². The van der Waals surface area contributed by atoms with E-state index >= 15 is 0 Å². The number of thiophene rings is 1. The SMILES string of the molecule is CC1CN(C2=C(c3cccs3)C(=O)N(c3ccc(Cl)cc3)C2=O)CC(C)O1. The Morgan fingerprint density at radius 2 is 1.70 bits per heavy atom. The molecular weight excluding hydrogens is 384 g/mol. The van der Waals surface area contributed by atoms with Crippen molar-refractivity contribution in [2.45, 2.75) is 26.1 Å². The zero-order valence-electron chi connectivity index (χ0n) is 15.0. The summed E-state index contributed by atoms with van der Waals surface area (Å²) < 4.78 is 5.80. The molecule has 0 saturated carbocycles. The van der Waals surface area contributed by atoms with Crippen LogP contribution in [0.4, 0.5) is 5.69 Å². The van der Waals surface area contributed by atoms with Gasteiger partial charge in [-0.25, -0.2) is 4.90 Å². The second kappa shape index (κ2) is 7.11. The number of hydrogen-bond acceptors (Lipinski definition) is 5. The Morgan fingerprint density at radius 1 is 1.04 bits per heavy atom. The predicted octanol–water partition coefficient (Wildman–Crippen LogP) is 3.80. The maximum absolute atomic E-state index is 13.4. The molecule has 2 aliphatic rings. The van der Waals surface area contributed by atoms with Gasteiger partial charge in [0, 0.05) is 23.0 Å². The van der Waals surface area contributed by atoms with E-state index in [0.717, 1.165) is 4.88 Å². The first kappa shape index (κ1) is 18.2. The van der Waals surface area contributed by atoms with E-state index in [2.05, 4.69) is 0 Å². The zero-order chi connectivity index (χ0) is 19.1. The average molecular weight is 403 g/mol. The number of halogens is 1. The lowest BCUT2D eigenvalue weighted by atomic mass is 10.1. The lowest BCUT2D eigenvalue weighted by molar-refractivity contribution is -0.121. The Balaban J connectivity index is 1.80. The Kier molecular flexibility index (Phi) is 4.80. The molecule has 27 heavy (non-hydrogen) atoms. The van der Waals surface area contributed by atoms with Gasteiger partial charge in [0.2, 0.25) is 0 Å². The summed E-state index contributed by atoms with van der Waals surface area (Å²) in [5.41, 5.74) is 1.44. The molecule has 2 unspecified atom stereocenters. The third kappa shape index (κ3) is 3.29. The van der Waals surface area contributed by atoms with Crippen LogP contribution in [0.2, 0.25) is 5.02 Å². The number of hydrogen-bond donors (Lipinski definition) is 0. The van der Waals surface area contributed by atoms with Crippen molar-refractivity contribution < 1.29 is 14.3 Å². The summed E-state index contributed by atoms with van der Waals surface area (Å²) in [6, 6.07) is 10.5. The van der Waals surface area contributed by atoms with Gasteiger partial charge >= 0.3 is 0 Å². The fourth-order valence-electron chi connectivity index (χ4n) is 3.64. The van der Waals surface area contributed by atoms with E-state index in [-0.39, 0.29) is 24.0 Å². The maximum atomic E-state index is 13.4. The van der Waals surface area contributed by atoms with Gasteiger partial charge in [-0.2, -0.15) is 0 Å². The summed E-state index contributed by atoms with van der Waals surface area (Å²) in [7, 11) is 0. The molecule has 2 amide bonds. The quantitative estimate of drug-likeness (QED) is 0.733. The second-order valence-electron chi connectivity index (χ2n) is 6.79. The zero-order valence-corrected chi connectivity index (χ0v) is 16.6. The van der Waals surface area contributed by atoms with Crippen LogP contribution in [0, 0.1) is 0 Å². The molecule has 1 aromatic heterocycles. The molecule has 3 heterocycles. The molecule has 5 nitrogen and oxygen atoms in total. The molecule has 2 atom stereocenters. The first-order valence-electron chi connectivity index (χ1n) is 8.78. The monoisotopic (exact) mass is 402 g/mol. The van der Waals surface area contributed by atoms with Crippen molar-refractivity contribution in [3.05, 3.63) is 57.4 Å². The van der Waals surface area contributed by atoms with Crippen LogP contribution in [0.1, 0.15) is 18.7 Å². The number of carbonyl (C=O) groups excluding carboxylic acids is 2. The number of morpholine rings is 1. The van der Waals surface area contributed by atoms with Crippen LogP contribution in [0.3, 0.4) is 0 Å². The Labute approximate surface area is 166 Å². The molecule has 0 aliphatic carbocycles. The van der Waals surface area contributed by atoms with E-state index in [1.807, 2.05) is 36.3 Å². The molecule has 2 aromatic rings. The van der Waals surface area contributed by atoms with Gasteiger partial charge in [0.25, 0.3) is 11.8 Å². The topological polar surface area (TPSA) is 49.9 Å². The molecule has 7 heteroatoms. The fraction of sp³-hybridized carbons (Fsp3) is 0.300. The molecular formula is C20H19ClN2O3S. The minimum atomic E-state index is -0.299. The summed E-state index contributed by atoms with van der Waals surface area (Å²) in [6.07, 6.45) is -0.0309. The highest BCUT2D eigenvalue weighted by molar-refractivity contribution is 7.11. The number of nitrogens with zero attached hydrogens (tertiary/aromatic N) is 2. The highest BCUT2D eigenvalue weighted by Gasteiger charge is 2.44. The van der Waals surface area contributed by atoms with Gasteiger partial charge in [-0.15, -0.1) is 11.3 Å². The fourth-order valence-corrected chi connectivity index (χ4v) is 4.53. The van der Waals surface area contributed by atoms with Crippen molar-refractivity contribution in [3.63, 3.8) is 0 Å². The third-order valence-electron chi connectivity index (χ3n) is 4.65. The molecule has 2 aliphatic heterocycles. The predicted molar refractivity (Wildman–Crippen MR) is 107 cm³/mol. The summed E-state index contributed by atoms with van der Waals surface area (Å²) in [6.45, 7) is 5.10. The largest absolute Gasteiger partial charge is 0.372 e. The van der Waals surface area contributed by atoms with E-state index in [1.54, 1.807) is 24.3 Å². The summed E-state index contributed by atoms with van der Waals surface area (Å²) >= 11 is 7.42. The maximum Gasteiger partial charge on any atom is 0.282 e. The summed E-state index contributed by atoms with van der Waals surface area (Å²) in [4.78, 5) is 30.7. The molecule has 0 N–H and O–H groups in total. The normalized spacial score (nSPS) is 23.5. The Bertz CT molecular complexity index is 898. The molecule has 1 saturated heterocycles. The molecule has 0 bridgehead atoms. The van der Waals surface area contributed by atoms with Crippen LogP contribution < -0.4 is 4.90 Å². The van der Waals surface area contributed by atoms with Gasteiger partial charge < -0.3 is 9.64 Å². The van der Waals surface area contributed by atoms with E-state index in [1.165, 1.54) is 16.2 Å². The van der Waals surface area contributed by atoms with Crippen LogP contribution in [-0.4, -0.2) is 42.0 Å². The van der Waals surface area contributed by atoms with Crippen LogP contribution in [0.15, 0.2) is 47.5 Å². The highest BCUT2D eigenvalue weighted by Crippen LogP contribution is 2.37. The van der Waals surface area contributed by atoms with Crippen LogP contribution in [-0.2, 0) is 14.3 Å². The van der Waals surface area contributed by atoms with Crippen molar-refractivity contribution in [2.24, 2.45) is 0 Å². The minimum absolute atomic E-state index is 0.0154. The van der Waals surface area contributed by atoms with Gasteiger partial charge in [0.15, 0.2) is 0 Å². The lowest BCUT2D eigenvalue weighted by Crippen LogP contribution is -2.47. The van der Waals surface area contributed by atoms with Crippen LogP contribution >= 0.6 is 22.9 Å². The third-order valence-corrected chi connectivity index (χ3v) is 5.79. The van der Waals surface area contributed by atoms with Gasteiger partial charge in [0.05, 0.1) is 23.5 Å². The first-order chi connectivity index (χ1) is 13.0. The number of carbonyl (C=O) groups is 2. The van der Waals surface area contributed by atoms with Gasteiger partial charge in [-0.3, -0.25) is 9.59 Å². The van der Waals surface area contributed by atoms with E-state index in [9.17, 15) is 9.59 Å². The van der Waals surface area contributed by atoms with E-state index < -0.39 is 0 Å². The number of rotatable bonds is 3. The Hall–Kier alpha value is -2.15. The molecule has 0 spiro atoms. The molecule has 140 valence electrons. The number of anilines is 1. The minimum Gasteiger partial charge on any atom is -0.372 e. The number of benzene rings is 1. The van der Waals surface area contributed by atoms with Gasteiger partial charge in [-0.1, -0.05) is 17.7 Å². The van der Waals surface area contributed by atoms with Crippen molar-refractivity contribution in [1.82, 2.24) is 4.90 Å². The molecule has 1 aromatic carbocycles. The van der Waals surface area contributed by atoms with Crippen molar-refractivity contribution in [1.29, 1.82) is 0 Å². The second-order valence-corrected chi connectivity index (χ2v) is 8.17. The van der Waals surface area contributed by atoms with Crippen molar-refractivity contribution >= 4 is 46.0 Å². The molecule has 0 radical (unpaired) electrons. The number of imide groups is 1. The smallest absolute Gasteiger partial charge is 0.282 e. The van der Waals surface area contributed by atoms with Crippen molar-refractivity contribution in [2.75, 3.05) is 18.0 Å². The number of amides is 2. The highest BCUT2D eigenvalue weighted by atomic mass is 35.5. The van der Waals surface area contributed by atoms with Gasteiger partial charge in [-0.05, 0) is 49.6 Å². The van der Waals surface area contributed by atoms with Crippen LogP contribution in [0.5, 0.6) is 0 Å². The van der Waals surface area contributed by atoms with E-state index in [0.29, 0.717) is 35.1 Å². The summed E-state index contributed by atoms with van der Waals surface area (Å²) in [5.74, 6) is -0.599. The lowest BCUT2D eigenvalue weighted by Gasteiger charge is -2.37. The first-order valence-corrected chi connectivity index (χ1v) is 10.0. The van der Waals surface area contributed by atoms with E-state index in [4.69, 9.17) is 16.3 Å². The average Bonchev–Trinajstić information content (AvgIpc) is 3.21. The molecule has 1 fully saturated rings.